The zero-order chi connectivity index (χ0) is 11.5. The maximum absolute atomic E-state index is 13.0. The van der Waals surface area contributed by atoms with Gasteiger partial charge in [-0.15, -0.1) is 0 Å². The predicted octanol–water partition coefficient (Wildman–Crippen LogP) is 2.39. The topological polar surface area (TPSA) is 50.2 Å². The number of aromatic nitrogens is 1. The van der Waals surface area contributed by atoms with E-state index in [0.29, 0.717) is 12.1 Å². The number of fused-ring (bicyclic) bond motifs is 1. The van der Waals surface area contributed by atoms with Gasteiger partial charge in [0.1, 0.15) is 5.82 Å². The molecule has 0 amide bonds. The van der Waals surface area contributed by atoms with Crippen LogP contribution in [0.15, 0.2) is 30.5 Å². The lowest BCUT2D eigenvalue weighted by atomic mass is 10.1. The molecule has 2 aromatic rings. The SMILES string of the molecule is O=C(O)CCc1nccc2cc(F)ccc12. The normalized spacial score (nSPS) is 10.6. The number of rotatable bonds is 3. The van der Waals surface area contributed by atoms with Gasteiger partial charge in [0, 0.05) is 23.7 Å². The largest absolute Gasteiger partial charge is 0.481 e. The average molecular weight is 219 g/mol. The van der Waals surface area contributed by atoms with Crippen LogP contribution in [0, 0.1) is 5.82 Å². The standard InChI is InChI=1S/C12H10FNO2/c13-9-1-2-10-8(7-9)5-6-14-11(10)3-4-12(15)16/h1-2,5-7H,3-4H2,(H,15,16). The molecule has 3 nitrogen and oxygen atoms in total. The quantitative estimate of drug-likeness (QED) is 0.862. The summed E-state index contributed by atoms with van der Waals surface area (Å²) in [6.07, 6.45) is 1.96. The van der Waals surface area contributed by atoms with Gasteiger partial charge in [-0.05, 0) is 29.7 Å². The molecule has 1 N–H and O–H groups in total. The van der Waals surface area contributed by atoms with Crippen LogP contribution in [0.3, 0.4) is 0 Å². The van der Waals surface area contributed by atoms with E-state index in [0.717, 1.165) is 10.8 Å². The minimum atomic E-state index is -0.860. The molecule has 0 bridgehead atoms. The molecule has 0 aliphatic heterocycles. The van der Waals surface area contributed by atoms with Crippen LogP contribution < -0.4 is 0 Å². The van der Waals surface area contributed by atoms with E-state index in [1.807, 2.05) is 0 Å². The molecule has 0 unspecified atom stereocenters. The maximum Gasteiger partial charge on any atom is 0.303 e. The highest BCUT2D eigenvalue weighted by Crippen LogP contribution is 2.19. The van der Waals surface area contributed by atoms with Gasteiger partial charge in [-0.2, -0.15) is 0 Å². The van der Waals surface area contributed by atoms with Gasteiger partial charge in [-0.1, -0.05) is 0 Å². The number of hydrogen-bond donors (Lipinski definition) is 1. The molecule has 0 aliphatic rings. The number of halogens is 1. The highest BCUT2D eigenvalue weighted by atomic mass is 19.1. The Kier molecular flexibility index (Phi) is 2.81. The van der Waals surface area contributed by atoms with Gasteiger partial charge in [-0.3, -0.25) is 9.78 Å². The zero-order valence-corrected chi connectivity index (χ0v) is 8.48. The summed E-state index contributed by atoms with van der Waals surface area (Å²) in [5, 5.41) is 10.2. The highest BCUT2D eigenvalue weighted by Gasteiger charge is 2.05. The number of benzene rings is 1. The molecule has 0 saturated carbocycles. The van der Waals surface area contributed by atoms with Gasteiger partial charge in [0.05, 0.1) is 6.42 Å². The van der Waals surface area contributed by atoms with Gasteiger partial charge in [-0.25, -0.2) is 4.39 Å². The van der Waals surface area contributed by atoms with Crippen molar-refractivity contribution in [2.75, 3.05) is 0 Å². The second-order valence-corrected chi connectivity index (χ2v) is 3.52. The minimum absolute atomic E-state index is 0.0312. The average Bonchev–Trinajstić information content (AvgIpc) is 2.25. The number of carbonyl (C=O) groups is 1. The molecule has 0 saturated heterocycles. The van der Waals surface area contributed by atoms with E-state index in [4.69, 9.17) is 5.11 Å². The molecule has 4 heteroatoms. The van der Waals surface area contributed by atoms with Crippen molar-refractivity contribution in [3.05, 3.63) is 42.0 Å². The van der Waals surface area contributed by atoms with Crippen LogP contribution in [0.2, 0.25) is 0 Å². The fraction of sp³-hybridized carbons (Fsp3) is 0.167. The van der Waals surface area contributed by atoms with Crippen LogP contribution in [0.25, 0.3) is 10.8 Å². The predicted molar refractivity (Wildman–Crippen MR) is 57.7 cm³/mol. The third-order valence-corrected chi connectivity index (χ3v) is 2.38. The molecule has 0 spiro atoms. The number of hydrogen-bond acceptors (Lipinski definition) is 2. The van der Waals surface area contributed by atoms with Crippen LogP contribution in [-0.4, -0.2) is 16.1 Å². The number of pyridine rings is 1. The molecule has 82 valence electrons. The summed E-state index contributed by atoms with van der Waals surface area (Å²) >= 11 is 0. The summed E-state index contributed by atoms with van der Waals surface area (Å²) in [6, 6.07) is 6.12. The zero-order valence-electron chi connectivity index (χ0n) is 8.48. The van der Waals surface area contributed by atoms with Crippen molar-refractivity contribution < 1.29 is 14.3 Å². The van der Waals surface area contributed by atoms with Crippen LogP contribution in [-0.2, 0) is 11.2 Å². The van der Waals surface area contributed by atoms with Crippen molar-refractivity contribution in [2.45, 2.75) is 12.8 Å². The molecule has 16 heavy (non-hydrogen) atoms. The van der Waals surface area contributed by atoms with E-state index in [2.05, 4.69) is 4.98 Å². The fourth-order valence-electron chi connectivity index (χ4n) is 1.64. The summed E-state index contributed by atoms with van der Waals surface area (Å²) < 4.78 is 13.0. The molecule has 2 rings (SSSR count). The summed E-state index contributed by atoms with van der Waals surface area (Å²) in [6.45, 7) is 0. The van der Waals surface area contributed by atoms with Gasteiger partial charge < -0.3 is 5.11 Å². The van der Waals surface area contributed by atoms with Crippen LogP contribution >= 0.6 is 0 Å². The Morgan fingerprint density at radius 1 is 1.38 bits per heavy atom. The molecular formula is C12H10FNO2. The number of aliphatic carboxylic acids is 1. The summed E-state index contributed by atoms with van der Waals surface area (Å²) in [5.74, 6) is -1.16. The Balaban J connectivity index is 2.41. The van der Waals surface area contributed by atoms with E-state index in [-0.39, 0.29) is 12.2 Å². The Hall–Kier alpha value is -1.97. The Labute approximate surface area is 91.5 Å². The van der Waals surface area contributed by atoms with Gasteiger partial charge in [0.25, 0.3) is 0 Å². The maximum atomic E-state index is 13.0. The number of nitrogens with zero attached hydrogens (tertiary/aromatic N) is 1. The first-order valence-electron chi connectivity index (χ1n) is 4.92. The smallest absolute Gasteiger partial charge is 0.303 e. The number of aryl methyl sites for hydroxylation is 1. The lowest BCUT2D eigenvalue weighted by Crippen LogP contribution is -1.99. The molecule has 0 radical (unpaired) electrons. The van der Waals surface area contributed by atoms with Crippen LogP contribution in [0.5, 0.6) is 0 Å². The van der Waals surface area contributed by atoms with Crippen LogP contribution in [0.1, 0.15) is 12.1 Å². The van der Waals surface area contributed by atoms with Gasteiger partial charge in [0.15, 0.2) is 0 Å². The van der Waals surface area contributed by atoms with Crippen molar-refractivity contribution in [1.82, 2.24) is 4.98 Å². The van der Waals surface area contributed by atoms with E-state index in [9.17, 15) is 9.18 Å². The Morgan fingerprint density at radius 2 is 2.19 bits per heavy atom. The number of carboxylic acids is 1. The summed E-state index contributed by atoms with van der Waals surface area (Å²) in [7, 11) is 0. The highest BCUT2D eigenvalue weighted by molar-refractivity contribution is 5.84. The lowest BCUT2D eigenvalue weighted by molar-refractivity contribution is -0.136. The molecule has 1 aromatic heterocycles. The second kappa shape index (κ2) is 4.26. The van der Waals surface area contributed by atoms with Crippen molar-refractivity contribution in [2.24, 2.45) is 0 Å². The van der Waals surface area contributed by atoms with E-state index in [1.165, 1.54) is 12.1 Å². The van der Waals surface area contributed by atoms with Crippen molar-refractivity contribution >= 4 is 16.7 Å². The van der Waals surface area contributed by atoms with E-state index in [1.54, 1.807) is 18.3 Å². The molecular weight excluding hydrogens is 209 g/mol. The van der Waals surface area contributed by atoms with Crippen molar-refractivity contribution in [3.8, 4) is 0 Å². The van der Waals surface area contributed by atoms with Crippen molar-refractivity contribution in [3.63, 3.8) is 0 Å². The third-order valence-electron chi connectivity index (χ3n) is 2.38. The lowest BCUT2D eigenvalue weighted by Gasteiger charge is -2.03. The Morgan fingerprint density at radius 3 is 2.94 bits per heavy atom. The molecule has 1 heterocycles. The van der Waals surface area contributed by atoms with E-state index >= 15 is 0 Å². The molecule has 0 fully saturated rings. The van der Waals surface area contributed by atoms with Crippen molar-refractivity contribution in [1.29, 1.82) is 0 Å². The monoisotopic (exact) mass is 219 g/mol. The van der Waals surface area contributed by atoms with E-state index < -0.39 is 5.97 Å². The second-order valence-electron chi connectivity index (χ2n) is 3.52. The molecule has 0 aliphatic carbocycles. The first-order valence-corrected chi connectivity index (χ1v) is 4.92. The molecule has 0 atom stereocenters. The fourth-order valence-corrected chi connectivity index (χ4v) is 1.64. The third kappa shape index (κ3) is 2.16. The molecule has 1 aromatic carbocycles. The van der Waals surface area contributed by atoms with Crippen LogP contribution in [0.4, 0.5) is 4.39 Å². The van der Waals surface area contributed by atoms with Gasteiger partial charge in [0.2, 0.25) is 0 Å². The number of carboxylic acid groups (broad SMARTS) is 1. The summed E-state index contributed by atoms with van der Waals surface area (Å²) in [4.78, 5) is 14.6. The first-order chi connectivity index (χ1) is 7.66. The van der Waals surface area contributed by atoms with Gasteiger partial charge >= 0.3 is 5.97 Å². The minimum Gasteiger partial charge on any atom is -0.481 e. The summed E-state index contributed by atoms with van der Waals surface area (Å²) in [5.41, 5.74) is 0.694. The first kappa shape index (κ1) is 10.5. The Bertz CT molecular complexity index is 540.